The Morgan fingerprint density at radius 2 is 1.44 bits per heavy atom. The van der Waals surface area contributed by atoms with Gasteiger partial charge in [-0.3, -0.25) is 14.6 Å². The summed E-state index contributed by atoms with van der Waals surface area (Å²) in [6.07, 6.45) is 9.62. The minimum Gasteiger partial charge on any atom is -0.389 e. The third-order valence-corrected chi connectivity index (χ3v) is 11.2. The normalized spacial score (nSPS) is 19.3. The highest BCUT2D eigenvalue weighted by molar-refractivity contribution is 6.31. The Hall–Kier alpha value is -5.15. The maximum absolute atomic E-state index is 14.6. The first kappa shape index (κ1) is 46.4. The van der Waals surface area contributed by atoms with E-state index in [1.54, 1.807) is 37.8 Å². The molecule has 1 amide bonds. The number of aromatic amines is 2. The summed E-state index contributed by atoms with van der Waals surface area (Å²) in [5, 5.41) is 28.6. The maximum atomic E-state index is 14.6. The van der Waals surface area contributed by atoms with Gasteiger partial charge in [-0.1, -0.05) is 37.6 Å². The van der Waals surface area contributed by atoms with Crippen LogP contribution in [0, 0.1) is 17.6 Å². The highest BCUT2D eigenvalue weighted by Crippen LogP contribution is 2.31. The Morgan fingerprint density at radius 1 is 0.871 bits per heavy atom. The van der Waals surface area contributed by atoms with Crippen LogP contribution in [-0.4, -0.2) is 143 Å². The van der Waals surface area contributed by atoms with Crippen molar-refractivity contribution in [1.29, 1.82) is 0 Å². The number of amides is 1. The Labute approximate surface area is 366 Å². The van der Waals surface area contributed by atoms with Gasteiger partial charge in [0, 0.05) is 92.1 Å². The number of ether oxygens (including phenoxy) is 1. The van der Waals surface area contributed by atoms with E-state index in [1.807, 2.05) is 4.90 Å². The first-order valence-electron chi connectivity index (χ1n) is 19.8. The number of likely N-dealkylation sites (tertiary alicyclic amines) is 2. The summed E-state index contributed by atoms with van der Waals surface area (Å²) in [7, 11) is 1.57. The fraction of sp³-hybridized carbons (Fsp3) is 0.439. The number of methoxy groups -OCH3 is 1. The number of rotatable bonds is 13. The van der Waals surface area contributed by atoms with Crippen molar-refractivity contribution in [3.63, 3.8) is 0 Å². The molecule has 0 aromatic carbocycles. The second kappa shape index (κ2) is 20.8. The number of aliphatic hydroxyl groups is 2. The number of halogens is 4. The van der Waals surface area contributed by atoms with Gasteiger partial charge in [0.05, 0.1) is 35.1 Å². The number of anilines is 2. The van der Waals surface area contributed by atoms with Crippen molar-refractivity contribution in [2.75, 3.05) is 63.6 Å². The van der Waals surface area contributed by atoms with Crippen LogP contribution in [0.25, 0.3) is 44.8 Å². The molecule has 2 aliphatic heterocycles. The van der Waals surface area contributed by atoms with Crippen LogP contribution in [0.4, 0.5) is 20.4 Å². The van der Waals surface area contributed by atoms with Gasteiger partial charge in [0.15, 0.2) is 34.9 Å². The van der Waals surface area contributed by atoms with Gasteiger partial charge in [-0.15, -0.1) is 0 Å². The van der Waals surface area contributed by atoms with Crippen molar-refractivity contribution < 1.29 is 28.5 Å². The van der Waals surface area contributed by atoms with Crippen LogP contribution in [0.2, 0.25) is 10.0 Å². The predicted molar refractivity (Wildman–Crippen MR) is 235 cm³/mol. The molecule has 2 fully saturated rings. The average Bonchev–Trinajstić information content (AvgIpc) is 3.85. The number of piperidine rings is 2. The molecule has 0 bridgehead atoms. The second-order valence-electron chi connectivity index (χ2n) is 15.3. The van der Waals surface area contributed by atoms with Crippen molar-refractivity contribution in [2.45, 2.75) is 57.9 Å². The monoisotopic (exact) mass is 897 g/mol. The van der Waals surface area contributed by atoms with Gasteiger partial charge >= 0.3 is 0 Å². The highest BCUT2D eigenvalue weighted by Gasteiger charge is 2.29. The van der Waals surface area contributed by atoms with Gasteiger partial charge in [0.2, 0.25) is 5.91 Å². The quantitative estimate of drug-likeness (QED) is 0.0799. The molecule has 4 unspecified atom stereocenters. The standard InChI is InChI=1S/C21H26ClFN6O2.C19H21ClFN7O2.CH4/c1-12-3-4-29(9-14(30)11-31-2)10-18(12)27-21-17(23)8-26-20(28-21)16-7-25-19-15(16)5-13(22)6-24-19;20-10-4-12-13(6-24-17(12)23-5-10)18-25-7-14(21)19(27-18)26-11-2-1-3-28(8-11)9-15(29)16(22)30;/h5-8,12,14,18,30H,3-4,9-11H2,1-2H3,(H,24,25)(H,26,27,28);4-7,11,15,29H,1-3,8-9H2,(H2,22,30)(H,23,24)(H,25,26,27);1H4/t12-,14?,18?;;/m0../s1. The number of nitrogens with zero attached hydrogens (tertiary/aromatic N) is 8. The van der Waals surface area contributed by atoms with E-state index in [-0.39, 0.29) is 44.3 Å². The molecule has 5 atom stereocenters. The molecule has 21 heteroatoms. The molecule has 2 saturated heterocycles. The van der Waals surface area contributed by atoms with Crippen LogP contribution in [0.1, 0.15) is 33.6 Å². The van der Waals surface area contributed by atoms with Crippen molar-refractivity contribution in [1.82, 2.24) is 49.7 Å². The zero-order chi connectivity index (χ0) is 43.2. The number of carbonyl (C=O) groups is 1. The number of aliphatic hydroxyl groups excluding tert-OH is 2. The molecule has 62 heavy (non-hydrogen) atoms. The van der Waals surface area contributed by atoms with Gasteiger partial charge in [-0.25, -0.2) is 38.7 Å². The van der Waals surface area contributed by atoms with Crippen LogP contribution in [0.15, 0.2) is 49.3 Å². The molecule has 0 spiro atoms. The smallest absolute Gasteiger partial charge is 0.247 e. The number of nitrogens with one attached hydrogen (secondary N) is 4. The number of hydrogen-bond acceptors (Lipinski definition) is 14. The van der Waals surface area contributed by atoms with Crippen LogP contribution >= 0.6 is 23.2 Å². The molecular formula is C41H51Cl2F2N13O4. The molecule has 8 heterocycles. The topological polar surface area (TPSA) is 232 Å². The van der Waals surface area contributed by atoms with E-state index >= 15 is 0 Å². The van der Waals surface area contributed by atoms with Crippen LogP contribution in [0.3, 0.4) is 0 Å². The fourth-order valence-electron chi connectivity index (χ4n) is 7.60. The third kappa shape index (κ3) is 11.3. The molecule has 6 aromatic heterocycles. The Balaban J connectivity index is 0.000000204. The van der Waals surface area contributed by atoms with Crippen molar-refractivity contribution in [2.24, 2.45) is 11.7 Å². The molecule has 17 nitrogen and oxygen atoms in total. The zero-order valence-corrected chi connectivity index (χ0v) is 35.0. The predicted octanol–water partition coefficient (Wildman–Crippen LogP) is 5.11. The Bertz CT molecular complexity index is 2460. The lowest BCUT2D eigenvalue weighted by Gasteiger charge is -2.38. The van der Waals surface area contributed by atoms with E-state index in [4.69, 9.17) is 33.7 Å². The van der Waals surface area contributed by atoms with E-state index < -0.39 is 29.7 Å². The molecule has 8 rings (SSSR count). The minimum absolute atomic E-state index is 0. The van der Waals surface area contributed by atoms with Crippen LogP contribution < -0.4 is 16.4 Å². The number of pyridine rings is 2. The summed E-state index contributed by atoms with van der Waals surface area (Å²) in [5.74, 6) is -0.541. The number of nitrogens with two attached hydrogens (primary N) is 1. The van der Waals surface area contributed by atoms with E-state index in [9.17, 15) is 23.8 Å². The summed E-state index contributed by atoms with van der Waals surface area (Å²) in [4.78, 5) is 46.9. The molecule has 2 aliphatic rings. The molecule has 6 aromatic rings. The summed E-state index contributed by atoms with van der Waals surface area (Å²) >= 11 is 12.1. The molecular weight excluding hydrogens is 847 g/mol. The molecule has 0 radical (unpaired) electrons. The Kier molecular flexibility index (Phi) is 15.6. The number of β-amino-alcohol motifs (C(OH)–C–C–N with tert-alkyl or cyclic N) is 2. The van der Waals surface area contributed by atoms with Gasteiger partial charge in [0.25, 0.3) is 0 Å². The Morgan fingerprint density at radius 3 is 2.00 bits per heavy atom. The number of aromatic nitrogens is 8. The van der Waals surface area contributed by atoms with E-state index in [2.05, 4.69) is 62.3 Å². The molecule has 0 saturated carbocycles. The zero-order valence-electron chi connectivity index (χ0n) is 33.5. The summed E-state index contributed by atoms with van der Waals surface area (Å²) < 4.78 is 34.0. The largest absolute Gasteiger partial charge is 0.389 e. The lowest BCUT2D eigenvalue weighted by atomic mass is 9.93. The summed E-state index contributed by atoms with van der Waals surface area (Å²) in [5.41, 5.74) is 7.79. The van der Waals surface area contributed by atoms with Crippen molar-refractivity contribution in [3.8, 4) is 22.8 Å². The summed E-state index contributed by atoms with van der Waals surface area (Å²) in [6, 6.07) is 3.41. The molecule has 0 aliphatic carbocycles. The van der Waals surface area contributed by atoms with Gasteiger partial charge in [-0.05, 0) is 50.4 Å². The first-order chi connectivity index (χ1) is 29.3. The van der Waals surface area contributed by atoms with Gasteiger partial charge in [0.1, 0.15) is 17.4 Å². The number of fused-ring (bicyclic) bond motifs is 2. The molecule has 8 N–H and O–H groups in total. The van der Waals surface area contributed by atoms with E-state index in [0.29, 0.717) is 69.7 Å². The summed E-state index contributed by atoms with van der Waals surface area (Å²) in [6.45, 7) is 5.88. The van der Waals surface area contributed by atoms with Crippen LogP contribution in [-0.2, 0) is 9.53 Å². The van der Waals surface area contributed by atoms with Gasteiger partial charge in [-0.2, -0.15) is 0 Å². The van der Waals surface area contributed by atoms with E-state index in [0.717, 1.165) is 49.3 Å². The lowest BCUT2D eigenvalue weighted by molar-refractivity contribution is -0.127. The number of H-pyrrole nitrogens is 2. The fourth-order valence-corrected chi connectivity index (χ4v) is 7.91. The van der Waals surface area contributed by atoms with E-state index in [1.165, 1.54) is 12.4 Å². The number of primary amides is 1. The third-order valence-electron chi connectivity index (χ3n) is 10.8. The maximum Gasteiger partial charge on any atom is 0.247 e. The van der Waals surface area contributed by atoms with Crippen molar-refractivity contribution in [3.05, 3.63) is 71.0 Å². The number of hydrogen-bond donors (Lipinski definition) is 7. The lowest BCUT2D eigenvalue weighted by Crippen LogP contribution is -2.49. The van der Waals surface area contributed by atoms with Crippen molar-refractivity contribution >= 4 is 62.8 Å². The average molecular weight is 899 g/mol. The highest BCUT2D eigenvalue weighted by atomic mass is 35.5. The van der Waals surface area contributed by atoms with Crippen LogP contribution in [0.5, 0.6) is 0 Å². The SMILES string of the molecule is C.COCC(O)CN1CC[C@H](C)C(Nc2nc(-c3c[nH]c4ncc(Cl)cc34)ncc2F)C1.NC(=O)C(O)CN1CCCC(Nc2nc(-c3c[nH]c4ncc(Cl)cc34)ncc2F)C1. The first-order valence-corrected chi connectivity index (χ1v) is 20.5. The van der Waals surface area contributed by atoms with Gasteiger partial charge < -0.3 is 41.3 Å². The second-order valence-corrected chi connectivity index (χ2v) is 16.2. The minimum atomic E-state index is -1.23. The number of carbonyl (C=O) groups excluding carboxylic acids is 1. The molecule has 332 valence electrons.